The van der Waals surface area contributed by atoms with Crippen LogP contribution in [-0.4, -0.2) is 25.0 Å². The van der Waals surface area contributed by atoms with E-state index in [1.54, 1.807) is 20.8 Å². The third kappa shape index (κ3) is 4.22. The number of amides is 1. The monoisotopic (exact) mass is 317 g/mol. The Hall–Kier alpha value is -2.05. The zero-order valence-corrected chi connectivity index (χ0v) is 12.7. The molecule has 1 N–H and O–H groups in total. The summed E-state index contributed by atoms with van der Waals surface area (Å²) in [6, 6.07) is 3.34. The molecule has 0 fully saturated rings. The molecule has 0 saturated carbocycles. The number of ether oxygens (including phenoxy) is 1. The van der Waals surface area contributed by atoms with Crippen LogP contribution in [0, 0.1) is 5.41 Å². The highest BCUT2D eigenvalue weighted by Gasteiger charge is 2.38. The first kappa shape index (κ1) is 18.0. The maximum atomic E-state index is 12.9. The fraction of sp³-hybridized carbons (Fsp3) is 0.467. The normalized spacial score (nSPS) is 13.4. The molecule has 1 aromatic carbocycles. The van der Waals surface area contributed by atoms with Crippen molar-refractivity contribution in [3.05, 3.63) is 35.4 Å². The number of hydrogen-bond acceptors (Lipinski definition) is 3. The van der Waals surface area contributed by atoms with E-state index < -0.39 is 40.6 Å². The number of carbonyl (C=O) groups excluding carboxylic acids is 2. The average Bonchev–Trinajstić information content (AvgIpc) is 2.41. The predicted molar refractivity (Wildman–Crippen MR) is 74.2 cm³/mol. The number of rotatable bonds is 3. The van der Waals surface area contributed by atoms with Crippen molar-refractivity contribution in [1.82, 2.24) is 5.32 Å². The van der Waals surface area contributed by atoms with Gasteiger partial charge in [0.25, 0.3) is 5.91 Å². The van der Waals surface area contributed by atoms with E-state index >= 15 is 0 Å². The lowest BCUT2D eigenvalue weighted by Crippen LogP contribution is -2.49. The highest BCUT2D eigenvalue weighted by atomic mass is 19.4. The summed E-state index contributed by atoms with van der Waals surface area (Å²) >= 11 is 0. The van der Waals surface area contributed by atoms with Gasteiger partial charge in [0.05, 0.1) is 18.2 Å². The molecule has 0 saturated heterocycles. The highest BCUT2D eigenvalue weighted by molar-refractivity contribution is 5.98. The molecule has 1 rings (SSSR count). The molecule has 0 bridgehead atoms. The number of alkyl halides is 3. The molecule has 1 aromatic rings. The molecule has 0 aliphatic heterocycles. The lowest BCUT2D eigenvalue weighted by atomic mass is 9.86. The first-order valence-corrected chi connectivity index (χ1v) is 6.53. The molecule has 1 atom stereocenters. The summed E-state index contributed by atoms with van der Waals surface area (Å²) in [6.45, 7) is 5.01. The maximum Gasteiger partial charge on any atom is 0.417 e. The lowest BCUT2D eigenvalue weighted by Gasteiger charge is -2.29. The molecule has 0 aliphatic rings. The molecule has 0 spiro atoms. The van der Waals surface area contributed by atoms with Crippen LogP contribution in [0.15, 0.2) is 24.3 Å². The number of methoxy groups -OCH3 is 1. The number of carbonyl (C=O) groups is 2. The summed E-state index contributed by atoms with van der Waals surface area (Å²) in [5.74, 6) is -1.69. The second-order valence-corrected chi connectivity index (χ2v) is 5.84. The van der Waals surface area contributed by atoms with Gasteiger partial charge in [0.2, 0.25) is 0 Å². The quantitative estimate of drug-likeness (QED) is 0.872. The summed E-state index contributed by atoms with van der Waals surface area (Å²) in [6.07, 6.45) is -4.66. The van der Waals surface area contributed by atoms with Crippen LogP contribution >= 0.6 is 0 Å². The van der Waals surface area contributed by atoms with Crippen molar-refractivity contribution >= 4 is 11.9 Å². The van der Waals surface area contributed by atoms with Crippen LogP contribution in [0.2, 0.25) is 0 Å². The molecular weight excluding hydrogens is 299 g/mol. The fourth-order valence-corrected chi connectivity index (χ4v) is 1.88. The van der Waals surface area contributed by atoms with E-state index in [2.05, 4.69) is 10.1 Å². The minimum Gasteiger partial charge on any atom is -0.467 e. The summed E-state index contributed by atoms with van der Waals surface area (Å²) in [4.78, 5) is 23.9. The van der Waals surface area contributed by atoms with Gasteiger partial charge in [0.1, 0.15) is 6.04 Å². The lowest BCUT2D eigenvalue weighted by molar-refractivity contribution is -0.145. The van der Waals surface area contributed by atoms with E-state index in [-0.39, 0.29) is 0 Å². The minimum atomic E-state index is -4.66. The van der Waals surface area contributed by atoms with Crippen molar-refractivity contribution in [3.63, 3.8) is 0 Å². The van der Waals surface area contributed by atoms with E-state index in [0.29, 0.717) is 0 Å². The van der Waals surface area contributed by atoms with Crippen LogP contribution < -0.4 is 5.32 Å². The number of halogens is 3. The third-order valence-corrected chi connectivity index (χ3v) is 3.06. The van der Waals surface area contributed by atoms with Gasteiger partial charge >= 0.3 is 12.1 Å². The van der Waals surface area contributed by atoms with Gasteiger partial charge in [-0.05, 0) is 17.5 Å². The van der Waals surface area contributed by atoms with Gasteiger partial charge in [-0.15, -0.1) is 0 Å². The van der Waals surface area contributed by atoms with Gasteiger partial charge in [-0.2, -0.15) is 13.2 Å². The van der Waals surface area contributed by atoms with Gasteiger partial charge in [-0.1, -0.05) is 32.9 Å². The zero-order valence-electron chi connectivity index (χ0n) is 12.7. The Labute approximate surface area is 126 Å². The molecule has 0 radical (unpaired) electrons. The SMILES string of the molecule is COC(=O)[C@H](NC(=O)c1ccccc1C(F)(F)F)C(C)(C)C. The second kappa shape index (κ2) is 6.37. The molecular formula is C15H18F3NO3. The van der Waals surface area contributed by atoms with Crippen molar-refractivity contribution in [2.45, 2.75) is 33.0 Å². The van der Waals surface area contributed by atoms with Crippen molar-refractivity contribution in [1.29, 1.82) is 0 Å². The summed E-state index contributed by atoms with van der Waals surface area (Å²) in [7, 11) is 1.15. The number of benzene rings is 1. The Kier molecular flexibility index (Phi) is 5.22. The average molecular weight is 317 g/mol. The van der Waals surface area contributed by atoms with Gasteiger partial charge in [0.15, 0.2) is 0 Å². The summed E-state index contributed by atoms with van der Waals surface area (Å²) in [5, 5.41) is 2.32. The maximum absolute atomic E-state index is 12.9. The molecule has 22 heavy (non-hydrogen) atoms. The van der Waals surface area contributed by atoms with E-state index in [1.165, 1.54) is 12.1 Å². The number of esters is 1. The Balaban J connectivity index is 3.14. The van der Waals surface area contributed by atoms with E-state index in [9.17, 15) is 22.8 Å². The van der Waals surface area contributed by atoms with E-state index in [4.69, 9.17) is 0 Å². The third-order valence-electron chi connectivity index (χ3n) is 3.06. The van der Waals surface area contributed by atoms with Gasteiger partial charge in [-0.25, -0.2) is 4.79 Å². The van der Waals surface area contributed by atoms with Crippen LogP contribution in [-0.2, 0) is 15.7 Å². The van der Waals surface area contributed by atoms with Gasteiger partial charge < -0.3 is 10.1 Å². The van der Waals surface area contributed by atoms with Crippen LogP contribution in [0.4, 0.5) is 13.2 Å². The predicted octanol–water partition coefficient (Wildman–Crippen LogP) is 3.02. The molecule has 0 heterocycles. The van der Waals surface area contributed by atoms with Crippen LogP contribution in [0.1, 0.15) is 36.7 Å². The van der Waals surface area contributed by atoms with Crippen molar-refractivity contribution in [3.8, 4) is 0 Å². The molecule has 122 valence electrons. The van der Waals surface area contributed by atoms with Gasteiger partial charge in [0, 0.05) is 0 Å². The van der Waals surface area contributed by atoms with E-state index in [0.717, 1.165) is 19.2 Å². The highest BCUT2D eigenvalue weighted by Crippen LogP contribution is 2.32. The molecule has 0 unspecified atom stereocenters. The second-order valence-electron chi connectivity index (χ2n) is 5.84. The standard InChI is InChI=1S/C15H18F3NO3/c1-14(2,3)11(13(21)22-4)19-12(20)9-7-5-6-8-10(9)15(16,17)18/h5-8,11H,1-4H3,(H,19,20)/t11-/m0/s1. The van der Waals surface area contributed by atoms with Crippen LogP contribution in [0.3, 0.4) is 0 Å². The summed E-state index contributed by atoms with van der Waals surface area (Å²) < 4.78 is 43.4. The molecule has 7 heteroatoms. The van der Waals surface area contributed by atoms with Gasteiger partial charge in [-0.3, -0.25) is 4.79 Å². The number of hydrogen-bond donors (Lipinski definition) is 1. The summed E-state index contributed by atoms with van der Waals surface area (Å²) in [5.41, 5.74) is -2.30. The first-order chi connectivity index (χ1) is 9.98. The largest absolute Gasteiger partial charge is 0.467 e. The van der Waals surface area contributed by atoms with Crippen molar-refractivity contribution in [2.75, 3.05) is 7.11 Å². The fourth-order valence-electron chi connectivity index (χ4n) is 1.88. The van der Waals surface area contributed by atoms with Crippen molar-refractivity contribution < 1.29 is 27.5 Å². The van der Waals surface area contributed by atoms with E-state index in [1.807, 2.05) is 0 Å². The number of nitrogens with one attached hydrogen (secondary N) is 1. The first-order valence-electron chi connectivity index (χ1n) is 6.53. The molecule has 4 nitrogen and oxygen atoms in total. The Morgan fingerprint density at radius 2 is 1.68 bits per heavy atom. The Morgan fingerprint density at radius 1 is 1.14 bits per heavy atom. The molecule has 1 amide bonds. The smallest absolute Gasteiger partial charge is 0.417 e. The zero-order chi connectivity index (χ0) is 17.1. The molecule has 0 aromatic heterocycles. The van der Waals surface area contributed by atoms with Crippen LogP contribution in [0.5, 0.6) is 0 Å². The minimum absolute atomic E-state index is 0.534. The van der Waals surface area contributed by atoms with Crippen LogP contribution in [0.25, 0.3) is 0 Å². The topological polar surface area (TPSA) is 55.4 Å². The Bertz CT molecular complexity index is 562. The van der Waals surface area contributed by atoms with Crippen molar-refractivity contribution in [2.24, 2.45) is 5.41 Å². The Morgan fingerprint density at radius 3 is 2.14 bits per heavy atom. The molecule has 0 aliphatic carbocycles.